The van der Waals surface area contributed by atoms with Gasteiger partial charge in [0, 0.05) is 24.7 Å². The Morgan fingerprint density at radius 2 is 1.91 bits per heavy atom. The predicted octanol–water partition coefficient (Wildman–Crippen LogP) is 3.04. The second kappa shape index (κ2) is 7.20. The molecule has 23 heavy (non-hydrogen) atoms. The number of rotatable bonds is 3. The first kappa shape index (κ1) is 16.7. The molecule has 2 aliphatic heterocycles. The third-order valence-electron chi connectivity index (χ3n) is 5.14. The highest BCUT2D eigenvalue weighted by molar-refractivity contribution is 6.30. The molecule has 2 aliphatic rings. The molecule has 1 aromatic carbocycles. The van der Waals surface area contributed by atoms with Gasteiger partial charge in [0.05, 0.1) is 6.10 Å². The van der Waals surface area contributed by atoms with Crippen molar-refractivity contribution in [3.05, 3.63) is 34.9 Å². The summed E-state index contributed by atoms with van der Waals surface area (Å²) in [7, 11) is 0. The third kappa shape index (κ3) is 3.70. The summed E-state index contributed by atoms with van der Waals surface area (Å²) >= 11 is 5.89. The minimum absolute atomic E-state index is 0.120. The maximum atomic E-state index is 12.5. The average Bonchev–Trinajstić information content (AvgIpc) is 3.00. The van der Waals surface area contributed by atoms with Gasteiger partial charge in [-0.25, -0.2) is 0 Å². The Morgan fingerprint density at radius 1 is 1.26 bits per heavy atom. The largest absolute Gasteiger partial charge is 0.388 e. The predicted molar refractivity (Wildman–Crippen MR) is 89.2 cm³/mol. The van der Waals surface area contributed by atoms with Crippen molar-refractivity contribution >= 4 is 17.5 Å². The van der Waals surface area contributed by atoms with E-state index in [0.717, 1.165) is 24.8 Å². The van der Waals surface area contributed by atoms with Gasteiger partial charge in [0.15, 0.2) is 0 Å². The fourth-order valence-corrected chi connectivity index (χ4v) is 3.68. The quantitative estimate of drug-likeness (QED) is 0.922. The highest BCUT2D eigenvalue weighted by Gasteiger charge is 2.36. The van der Waals surface area contributed by atoms with E-state index in [4.69, 9.17) is 16.3 Å². The fourth-order valence-electron chi connectivity index (χ4n) is 3.56. The van der Waals surface area contributed by atoms with Crippen molar-refractivity contribution in [2.24, 2.45) is 11.8 Å². The van der Waals surface area contributed by atoms with Crippen molar-refractivity contribution in [1.82, 2.24) is 4.90 Å². The average molecular weight is 338 g/mol. The molecule has 126 valence electrons. The molecule has 2 saturated heterocycles. The molecule has 1 amide bonds. The van der Waals surface area contributed by atoms with Crippen LogP contribution in [0.2, 0.25) is 5.02 Å². The van der Waals surface area contributed by atoms with Crippen molar-refractivity contribution in [3.63, 3.8) is 0 Å². The first-order valence-electron chi connectivity index (χ1n) is 8.40. The van der Waals surface area contributed by atoms with Crippen molar-refractivity contribution in [2.45, 2.75) is 38.4 Å². The van der Waals surface area contributed by atoms with E-state index in [-0.39, 0.29) is 17.9 Å². The Hall–Kier alpha value is -1.10. The van der Waals surface area contributed by atoms with Gasteiger partial charge >= 0.3 is 0 Å². The van der Waals surface area contributed by atoms with E-state index in [9.17, 15) is 9.90 Å². The van der Waals surface area contributed by atoms with Crippen LogP contribution in [0.15, 0.2) is 24.3 Å². The second-order valence-corrected chi connectivity index (χ2v) is 7.15. The monoisotopic (exact) mass is 337 g/mol. The first-order chi connectivity index (χ1) is 11.1. The summed E-state index contributed by atoms with van der Waals surface area (Å²) in [5, 5.41) is 11.2. The van der Waals surface area contributed by atoms with Crippen molar-refractivity contribution in [2.75, 3.05) is 19.7 Å². The van der Waals surface area contributed by atoms with E-state index in [1.165, 1.54) is 0 Å². The van der Waals surface area contributed by atoms with Crippen LogP contribution < -0.4 is 0 Å². The Morgan fingerprint density at radius 3 is 2.48 bits per heavy atom. The fraction of sp³-hybridized carbons (Fsp3) is 0.611. The standard InChI is InChI=1S/C18H24ClNO3/c1-12-8-11-23-17(12)18(22)20-9-6-14(7-10-20)16(21)13-2-4-15(19)5-3-13/h2-5,12,14,16-17,21H,6-11H2,1H3. The Bertz CT molecular complexity index is 540. The van der Waals surface area contributed by atoms with Gasteiger partial charge in [-0.05, 0) is 48.8 Å². The molecule has 2 fully saturated rings. The summed E-state index contributed by atoms with van der Waals surface area (Å²) in [6.45, 7) is 4.15. The second-order valence-electron chi connectivity index (χ2n) is 6.72. The molecule has 3 rings (SSSR count). The number of ether oxygens (including phenoxy) is 1. The summed E-state index contributed by atoms with van der Waals surface area (Å²) in [4.78, 5) is 14.4. The molecule has 1 aromatic rings. The summed E-state index contributed by atoms with van der Waals surface area (Å²) in [6, 6.07) is 7.35. The number of aliphatic hydroxyl groups excluding tert-OH is 1. The zero-order valence-corrected chi connectivity index (χ0v) is 14.2. The molecule has 0 saturated carbocycles. The number of aliphatic hydroxyl groups is 1. The molecular weight excluding hydrogens is 314 g/mol. The summed E-state index contributed by atoms with van der Waals surface area (Å²) in [5.74, 6) is 0.608. The van der Waals surface area contributed by atoms with Gasteiger partial charge in [0.2, 0.25) is 0 Å². The lowest BCUT2D eigenvalue weighted by molar-refractivity contribution is -0.144. The zero-order valence-electron chi connectivity index (χ0n) is 13.5. The molecule has 3 unspecified atom stereocenters. The SMILES string of the molecule is CC1CCOC1C(=O)N1CCC(C(O)c2ccc(Cl)cc2)CC1. The van der Waals surface area contributed by atoms with Gasteiger partial charge in [-0.15, -0.1) is 0 Å². The molecule has 0 spiro atoms. The number of hydrogen-bond donors (Lipinski definition) is 1. The lowest BCUT2D eigenvalue weighted by Crippen LogP contribution is -2.45. The van der Waals surface area contributed by atoms with E-state index in [1.807, 2.05) is 17.0 Å². The van der Waals surface area contributed by atoms with E-state index in [1.54, 1.807) is 12.1 Å². The van der Waals surface area contributed by atoms with Crippen molar-refractivity contribution < 1.29 is 14.6 Å². The van der Waals surface area contributed by atoms with Gasteiger partial charge in [-0.3, -0.25) is 4.79 Å². The normalized spacial score (nSPS) is 27.2. The van der Waals surface area contributed by atoms with E-state index < -0.39 is 6.10 Å². The van der Waals surface area contributed by atoms with Crippen LogP contribution in [-0.4, -0.2) is 41.7 Å². The summed E-state index contributed by atoms with van der Waals surface area (Å²) in [5.41, 5.74) is 0.895. The number of likely N-dealkylation sites (tertiary alicyclic amines) is 1. The van der Waals surface area contributed by atoms with Gasteiger partial charge in [-0.1, -0.05) is 30.7 Å². The molecule has 0 bridgehead atoms. The Labute approximate surface area is 142 Å². The van der Waals surface area contributed by atoms with Crippen molar-refractivity contribution in [3.8, 4) is 0 Å². The molecule has 0 aromatic heterocycles. The molecule has 5 heteroatoms. The number of halogens is 1. The molecule has 2 heterocycles. The van der Waals surface area contributed by atoms with Crippen LogP contribution in [0.25, 0.3) is 0 Å². The number of carbonyl (C=O) groups is 1. The number of piperidine rings is 1. The number of benzene rings is 1. The first-order valence-corrected chi connectivity index (χ1v) is 8.78. The molecule has 0 radical (unpaired) electrons. The topological polar surface area (TPSA) is 49.8 Å². The number of hydrogen-bond acceptors (Lipinski definition) is 3. The van der Waals surface area contributed by atoms with Crippen LogP contribution in [0, 0.1) is 11.8 Å². The highest BCUT2D eigenvalue weighted by atomic mass is 35.5. The van der Waals surface area contributed by atoms with Gasteiger partial charge in [0.25, 0.3) is 5.91 Å². The maximum absolute atomic E-state index is 12.5. The van der Waals surface area contributed by atoms with Gasteiger partial charge < -0.3 is 14.7 Å². The summed E-state index contributed by atoms with van der Waals surface area (Å²) < 4.78 is 5.58. The zero-order chi connectivity index (χ0) is 16.4. The van der Waals surface area contributed by atoms with Crippen LogP contribution in [0.4, 0.5) is 0 Å². The van der Waals surface area contributed by atoms with Crippen LogP contribution >= 0.6 is 11.6 Å². The Balaban J connectivity index is 1.55. The van der Waals surface area contributed by atoms with Crippen LogP contribution in [0.5, 0.6) is 0 Å². The smallest absolute Gasteiger partial charge is 0.251 e. The highest BCUT2D eigenvalue weighted by Crippen LogP contribution is 2.32. The number of nitrogens with zero attached hydrogens (tertiary/aromatic N) is 1. The van der Waals surface area contributed by atoms with E-state index in [0.29, 0.717) is 30.6 Å². The maximum Gasteiger partial charge on any atom is 0.251 e. The van der Waals surface area contributed by atoms with Crippen LogP contribution in [0.1, 0.15) is 37.9 Å². The number of amides is 1. The molecule has 0 aliphatic carbocycles. The lowest BCUT2D eigenvalue weighted by Gasteiger charge is -2.36. The minimum atomic E-state index is -0.494. The molecule has 4 nitrogen and oxygen atoms in total. The minimum Gasteiger partial charge on any atom is -0.388 e. The third-order valence-corrected chi connectivity index (χ3v) is 5.39. The van der Waals surface area contributed by atoms with E-state index >= 15 is 0 Å². The molecule has 1 N–H and O–H groups in total. The van der Waals surface area contributed by atoms with Gasteiger partial charge in [-0.2, -0.15) is 0 Å². The van der Waals surface area contributed by atoms with Gasteiger partial charge in [0.1, 0.15) is 6.10 Å². The van der Waals surface area contributed by atoms with Crippen LogP contribution in [-0.2, 0) is 9.53 Å². The summed E-state index contributed by atoms with van der Waals surface area (Å²) in [6.07, 6.45) is 1.83. The molecular formula is C18H24ClNO3. The van der Waals surface area contributed by atoms with Crippen molar-refractivity contribution in [1.29, 1.82) is 0 Å². The molecule has 3 atom stereocenters. The number of carbonyl (C=O) groups excluding carboxylic acids is 1. The van der Waals surface area contributed by atoms with E-state index in [2.05, 4.69) is 6.92 Å². The van der Waals surface area contributed by atoms with Crippen LogP contribution in [0.3, 0.4) is 0 Å². The Kier molecular flexibility index (Phi) is 5.24. The lowest BCUT2D eigenvalue weighted by atomic mass is 9.87.